The molecule has 1 aromatic rings. The molecule has 0 saturated carbocycles. The number of carbonyl (C=O) groups excluding carboxylic acids is 1. The smallest absolute Gasteiger partial charge is 0.410 e. The zero-order valence-corrected chi connectivity index (χ0v) is 15.0. The summed E-state index contributed by atoms with van der Waals surface area (Å²) < 4.78 is 25.0. The maximum atomic E-state index is 13.3. The highest BCUT2D eigenvalue weighted by Crippen LogP contribution is 2.28. The Morgan fingerprint density at radius 2 is 2.13 bits per heavy atom. The molecule has 0 bridgehead atoms. The number of hydrogen-bond acceptors (Lipinski definition) is 4. The molecule has 0 spiro atoms. The third kappa shape index (κ3) is 5.07. The Morgan fingerprint density at radius 3 is 2.78 bits per heavy atom. The predicted molar refractivity (Wildman–Crippen MR) is 86.9 cm³/mol. The van der Waals surface area contributed by atoms with Gasteiger partial charge in [-0.3, -0.25) is 0 Å². The number of hydrogen-bond donors (Lipinski definition) is 1. The minimum atomic E-state index is -0.733. The first-order valence-electron chi connectivity index (χ1n) is 7.43. The number of ether oxygens (including phenoxy) is 2. The van der Waals surface area contributed by atoms with Crippen molar-refractivity contribution in [2.45, 2.75) is 45.0 Å². The van der Waals surface area contributed by atoms with E-state index in [-0.39, 0.29) is 6.54 Å². The van der Waals surface area contributed by atoms with Gasteiger partial charge in [0.25, 0.3) is 0 Å². The summed E-state index contributed by atoms with van der Waals surface area (Å²) in [5.41, 5.74) is -0.588. The molecule has 1 aliphatic rings. The van der Waals surface area contributed by atoms with Gasteiger partial charge in [-0.2, -0.15) is 0 Å². The quantitative estimate of drug-likeness (QED) is 0.842. The molecular formula is C16H21BrFNO4. The number of nitrogens with zero attached hydrogens (tertiary/aromatic N) is 1. The molecule has 2 unspecified atom stereocenters. The highest BCUT2D eigenvalue weighted by molar-refractivity contribution is 9.10. The Balaban J connectivity index is 2.06. The Kier molecular flexibility index (Phi) is 5.52. The Morgan fingerprint density at radius 1 is 1.43 bits per heavy atom. The van der Waals surface area contributed by atoms with E-state index in [1.54, 1.807) is 20.8 Å². The van der Waals surface area contributed by atoms with Crippen molar-refractivity contribution in [3.63, 3.8) is 0 Å². The van der Waals surface area contributed by atoms with E-state index in [4.69, 9.17) is 9.47 Å². The van der Waals surface area contributed by atoms with Crippen LogP contribution in [0.15, 0.2) is 22.7 Å². The van der Waals surface area contributed by atoms with E-state index in [0.717, 1.165) is 0 Å². The van der Waals surface area contributed by atoms with E-state index in [0.29, 0.717) is 23.2 Å². The van der Waals surface area contributed by atoms with Crippen molar-refractivity contribution in [3.05, 3.63) is 28.5 Å². The minimum absolute atomic E-state index is 0.180. The number of aliphatic hydroxyl groups is 1. The average molecular weight is 390 g/mol. The first-order valence-corrected chi connectivity index (χ1v) is 8.23. The molecule has 5 nitrogen and oxygen atoms in total. The summed E-state index contributed by atoms with van der Waals surface area (Å²) in [5, 5.41) is 10.1. The zero-order chi connectivity index (χ0) is 17.2. The highest BCUT2D eigenvalue weighted by Gasteiger charge is 2.34. The van der Waals surface area contributed by atoms with Crippen molar-refractivity contribution < 1.29 is 23.8 Å². The first kappa shape index (κ1) is 18.0. The van der Waals surface area contributed by atoms with Crippen LogP contribution < -0.4 is 4.74 Å². The average Bonchev–Trinajstić information content (AvgIpc) is 2.43. The van der Waals surface area contributed by atoms with Crippen molar-refractivity contribution in [1.29, 1.82) is 0 Å². The van der Waals surface area contributed by atoms with Gasteiger partial charge < -0.3 is 19.5 Å². The number of likely N-dealkylation sites (tertiary alicyclic amines) is 1. The van der Waals surface area contributed by atoms with Gasteiger partial charge >= 0.3 is 6.09 Å². The summed E-state index contributed by atoms with van der Waals surface area (Å²) >= 11 is 3.28. The fourth-order valence-corrected chi connectivity index (χ4v) is 2.58. The number of rotatable bonds is 2. The minimum Gasteiger partial charge on any atom is -0.485 e. The molecule has 2 atom stereocenters. The second-order valence-corrected chi connectivity index (χ2v) is 7.37. The molecule has 0 aromatic heterocycles. The van der Waals surface area contributed by atoms with E-state index in [9.17, 15) is 14.3 Å². The van der Waals surface area contributed by atoms with Crippen LogP contribution in [0, 0.1) is 5.82 Å². The molecule has 1 saturated heterocycles. The van der Waals surface area contributed by atoms with Crippen molar-refractivity contribution in [2.75, 3.05) is 13.1 Å². The number of benzene rings is 1. The molecular weight excluding hydrogens is 369 g/mol. The third-order valence-corrected chi connectivity index (χ3v) is 4.00. The number of piperidine rings is 1. The summed E-state index contributed by atoms with van der Waals surface area (Å²) in [6, 6.07) is 4.08. The number of aliphatic hydroxyl groups excluding tert-OH is 1. The Bertz CT molecular complexity index is 576. The van der Waals surface area contributed by atoms with E-state index >= 15 is 0 Å². The first-order chi connectivity index (χ1) is 10.7. The summed E-state index contributed by atoms with van der Waals surface area (Å²) in [5.74, 6) is -0.141. The topological polar surface area (TPSA) is 59.0 Å². The lowest BCUT2D eigenvalue weighted by atomic mass is 10.1. The third-order valence-electron chi connectivity index (χ3n) is 3.35. The molecule has 0 aliphatic carbocycles. The van der Waals surface area contributed by atoms with E-state index < -0.39 is 29.7 Å². The Labute approximate surface area is 143 Å². The zero-order valence-electron chi connectivity index (χ0n) is 13.4. The fourth-order valence-electron chi connectivity index (χ4n) is 2.24. The van der Waals surface area contributed by atoms with Gasteiger partial charge in [-0.15, -0.1) is 0 Å². The summed E-state index contributed by atoms with van der Waals surface area (Å²) in [4.78, 5) is 13.6. The van der Waals surface area contributed by atoms with Crippen LogP contribution in [-0.2, 0) is 4.74 Å². The van der Waals surface area contributed by atoms with Gasteiger partial charge in [0.15, 0.2) is 0 Å². The van der Waals surface area contributed by atoms with Crippen molar-refractivity contribution in [2.24, 2.45) is 0 Å². The molecule has 1 fully saturated rings. The van der Waals surface area contributed by atoms with Gasteiger partial charge in [-0.1, -0.05) is 0 Å². The fraction of sp³-hybridized carbons (Fsp3) is 0.562. The van der Waals surface area contributed by atoms with Crippen molar-refractivity contribution >= 4 is 22.0 Å². The van der Waals surface area contributed by atoms with Crippen molar-refractivity contribution in [1.82, 2.24) is 4.90 Å². The second kappa shape index (κ2) is 7.05. The van der Waals surface area contributed by atoms with Gasteiger partial charge in [0.05, 0.1) is 17.1 Å². The molecule has 1 heterocycles. The SMILES string of the molecule is CC(C)(C)OC(=O)N1CCC(O)C(Oc2cc(F)ccc2Br)C1. The van der Waals surface area contributed by atoms with E-state index in [1.165, 1.54) is 23.1 Å². The molecule has 2 rings (SSSR count). The van der Waals surface area contributed by atoms with Crippen LogP contribution in [0.3, 0.4) is 0 Å². The molecule has 1 amide bonds. The Hall–Kier alpha value is -1.34. The van der Waals surface area contributed by atoms with Gasteiger partial charge in [0.1, 0.15) is 23.3 Å². The van der Waals surface area contributed by atoms with Crippen LogP contribution in [0.1, 0.15) is 27.2 Å². The van der Waals surface area contributed by atoms with Crippen LogP contribution in [0.4, 0.5) is 9.18 Å². The molecule has 1 aromatic carbocycles. The monoisotopic (exact) mass is 389 g/mol. The van der Waals surface area contributed by atoms with Crippen LogP contribution in [-0.4, -0.2) is 47.0 Å². The predicted octanol–water partition coefficient (Wildman–Crippen LogP) is 3.34. The molecule has 23 heavy (non-hydrogen) atoms. The molecule has 128 valence electrons. The summed E-state index contributed by atoms with van der Waals surface area (Å²) in [6.45, 7) is 5.95. The van der Waals surface area contributed by atoms with Gasteiger partial charge in [-0.05, 0) is 55.3 Å². The van der Waals surface area contributed by atoms with Gasteiger partial charge in [-0.25, -0.2) is 9.18 Å². The highest BCUT2D eigenvalue weighted by atomic mass is 79.9. The molecule has 0 radical (unpaired) electrons. The van der Waals surface area contributed by atoms with E-state index in [1.807, 2.05) is 0 Å². The maximum absolute atomic E-state index is 13.3. The maximum Gasteiger partial charge on any atom is 0.410 e. The summed E-state index contributed by atoms with van der Waals surface area (Å²) in [6.07, 6.45) is -1.45. The number of amides is 1. The lowest BCUT2D eigenvalue weighted by Crippen LogP contribution is -2.52. The van der Waals surface area contributed by atoms with Crippen LogP contribution in [0.5, 0.6) is 5.75 Å². The lowest BCUT2D eigenvalue weighted by Gasteiger charge is -2.36. The number of carbonyl (C=O) groups is 1. The number of halogens is 2. The van der Waals surface area contributed by atoms with Gasteiger partial charge in [0.2, 0.25) is 0 Å². The van der Waals surface area contributed by atoms with Crippen LogP contribution >= 0.6 is 15.9 Å². The van der Waals surface area contributed by atoms with Crippen LogP contribution in [0.2, 0.25) is 0 Å². The molecule has 7 heteroatoms. The molecule has 1 aliphatic heterocycles. The molecule has 1 N–H and O–H groups in total. The van der Waals surface area contributed by atoms with Crippen molar-refractivity contribution in [3.8, 4) is 5.75 Å². The standard InChI is InChI=1S/C16H21BrFNO4/c1-16(2,3)23-15(21)19-7-6-12(20)14(9-19)22-13-8-10(18)4-5-11(13)17/h4-5,8,12,14,20H,6-7,9H2,1-3H3. The van der Waals surface area contributed by atoms with E-state index in [2.05, 4.69) is 15.9 Å². The van der Waals surface area contributed by atoms with Crippen LogP contribution in [0.25, 0.3) is 0 Å². The largest absolute Gasteiger partial charge is 0.485 e. The normalized spacial score (nSPS) is 21.9. The second-order valence-electron chi connectivity index (χ2n) is 6.51. The van der Waals surface area contributed by atoms with Gasteiger partial charge in [0, 0.05) is 12.6 Å². The summed E-state index contributed by atoms with van der Waals surface area (Å²) in [7, 11) is 0. The lowest BCUT2D eigenvalue weighted by molar-refractivity contribution is -0.0368.